The van der Waals surface area contributed by atoms with Crippen molar-refractivity contribution in [3.05, 3.63) is 12.2 Å². The van der Waals surface area contributed by atoms with Crippen molar-refractivity contribution in [2.45, 2.75) is 78.1 Å². The Hall–Kier alpha value is 0.444. The Morgan fingerprint density at radius 1 is 0.769 bits per heavy atom. The van der Waals surface area contributed by atoms with E-state index in [0.717, 1.165) is 38.5 Å². The maximum absolute atomic E-state index is 10.0. The van der Waals surface area contributed by atoms with E-state index in [0.29, 0.717) is 6.42 Å². The number of carboxylic acids is 2. The zero-order chi connectivity index (χ0) is 19.2. The van der Waals surface area contributed by atoms with E-state index < -0.39 is 11.9 Å². The number of carboxylic acid groups (broad SMARTS) is 2. The molecule has 0 aliphatic carbocycles. The molecule has 0 aliphatic heterocycles. The molecule has 0 heterocycles. The van der Waals surface area contributed by atoms with Crippen molar-refractivity contribution < 1.29 is 30.0 Å². The number of hydrogen-bond donors (Lipinski definition) is 4. The first kappa shape index (κ1) is 37.2. The van der Waals surface area contributed by atoms with Crippen molar-refractivity contribution in [3.8, 4) is 0 Å². The first-order valence-electron chi connectivity index (χ1n) is 8.65. The van der Waals surface area contributed by atoms with E-state index >= 15 is 0 Å². The third-order valence-corrected chi connectivity index (χ3v) is 2.93. The Labute approximate surface area is 198 Å². The van der Waals surface area contributed by atoms with Crippen LogP contribution in [0.1, 0.15) is 78.1 Å². The molecule has 0 spiro atoms. The standard InChI is InChI=1S/C8H16O2.C6H14O2.C4H6O2.2Pb.4H/c1-2-3-4-5-6-7-8(9)10;7-5-3-1-2-4-6-8;1-3(2)4(5)6;;;;;;/h2-7H2,1H3,(H,9,10);7-8H,1-6H2;1H2,2H3,(H,5,6);;;;;;. The topological polar surface area (TPSA) is 115 Å². The van der Waals surface area contributed by atoms with Crippen molar-refractivity contribution in [1.29, 1.82) is 0 Å². The van der Waals surface area contributed by atoms with Crippen molar-refractivity contribution in [3.63, 3.8) is 0 Å². The summed E-state index contributed by atoms with van der Waals surface area (Å²) in [6.45, 7) is 7.32. The van der Waals surface area contributed by atoms with Gasteiger partial charge < -0.3 is 20.4 Å². The molecular formula is C18H40O6Pb2. The van der Waals surface area contributed by atoms with Crippen LogP contribution in [-0.2, 0) is 9.59 Å². The summed E-state index contributed by atoms with van der Waals surface area (Å²) >= 11 is 0. The molecule has 0 rings (SSSR count). The van der Waals surface area contributed by atoms with Crippen molar-refractivity contribution in [1.82, 2.24) is 0 Å². The van der Waals surface area contributed by atoms with Crippen LogP contribution in [0, 0.1) is 0 Å². The van der Waals surface area contributed by atoms with Crippen LogP contribution in [-0.4, -0.2) is 100 Å². The summed E-state index contributed by atoms with van der Waals surface area (Å²) in [5.74, 6) is -1.61. The molecule has 0 saturated carbocycles. The summed E-state index contributed by atoms with van der Waals surface area (Å²) < 4.78 is 0. The number of aliphatic carboxylic acids is 2. The monoisotopic (exact) mass is 768 g/mol. The van der Waals surface area contributed by atoms with Gasteiger partial charge in [0.05, 0.1) is 0 Å². The van der Waals surface area contributed by atoms with E-state index in [-0.39, 0.29) is 73.4 Å². The normalized spacial score (nSPS) is 8.46. The second kappa shape index (κ2) is 33.1. The summed E-state index contributed by atoms with van der Waals surface area (Å²) in [6, 6.07) is 0. The van der Waals surface area contributed by atoms with E-state index in [4.69, 9.17) is 20.4 Å². The van der Waals surface area contributed by atoms with E-state index in [1.165, 1.54) is 26.2 Å². The number of carbonyl (C=O) groups is 2. The molecule has 4 radical (unpaired) electrons. The van der Waals surface area contributed by atoms with Gasteiger partial charge in [-0.05, 0) is 26.2 Å². The first-order chi connectivity index (χ1) is 11.3. The van der Waals surface area contributed by atoms with Crippen LogP contribution in [0.2, 0.25) is 0 Å². The van der Waals surface area contributed by atoms with Crippen LogP contribution < -0.4 is 0 Å². The number of aliphatic hydroxyl groups is 2. The molecule has 4 N–H and O–H groups in total. The van der Waals surface area contributed by atoms with E-state index in [1.807, 2.05) is 0 Å². The Bertz CT molecular complexity index is 294. The van der Waals surface area contributed by atoms with Crippen molar-refractivity contribution in [2.75, 3.05) is 13.2 Å². The van der Waals surface area contributed by atoms with Gasteiger partial charge in [-0.25, -0.2) is 4.79 Å². The average molecular weight is 767 g/mol. The number of unbranched alkanes of at least 4 members (excludes halogenated alkanes) is 7. The van der Waals surface area contributed by atoms with Gasteiger partial charge in [-0.15, -0.1) is 0 Å². The van der Waals surface area contributed by atoms with Crippen molar-refractivity contribution >= 4 is 66.5 Å². The molecule has 0 aromatic rings. The zero-order valence-corrected chi connectivity index (χ0v) is 27.7. The Morgan fingerprint density at radius 2 is 1.12 bits per heavy atom. The number of hydrogen-bond acceptors (Lipinski definition) is 4. The summed E-state index contributed by atoms with van der Waals surface area (Å²) in [5, 5.41) is 32.8. The van der Waals surface area contributed by atoms with Gasteiger partial charge in [0.25, 0.3) is 0 Å². The van der Waals surface area contributed by atoms with E-state index in [9.17, 15) is 9.59 Å². The summed E-state index contributed by atoms with van der Waals surface area (Å²) in [6.07, 6.45) is 9.71. The van der Waals surface area contributed by atoms with Crippen LogP contribution in [0.15, 0.2) is 12.2 Å². The summed E-state index contributed by atoms with van der Waals surface area (Å²) in [5.41, 5.74) is 0.176. The van der Waals surface area contributed by atoms with Gasteiger partial charge in [-0.3, -0.25) is 4.79 Å². The Morgan fingerprint density at radius 3 is 1.38 bits per heavy atom. The quantitative estimate of drug-likeness (QED) is 0.137. The van der Waals surface area contributed by atoms with Gasteiger partial charge >= 0.3 is 66.5 Å². The Balaban J connectivity index is -0.0000000841. The number of aliphatic hydroxyl groups excluding tert-OH is 2. The van der Waals surface area contributed by atoms with Crippen molar-refractivity contribution in [2.24, 2.45) is 0 Å². The molecule has 26 heavy (non-hydrogen) atoms. The van der Waals surface area contributed by atoms with Crippen LogP contribution >= 0.6 is 0 Å². The van der Waals surface area contributed by atoms with Gasteiger partial charge in [-0.2, -0.15) is 0 Å². The molecule has 0 aromatic carbocycles. The fourth-order valence-electron chi connectivity index (χ4n) is 1.46. The molecule has 0 fully saturated rings. The van der Waals surface area contributed by atoms with Crippen LogP contribution in [0.3, 0.4) is 0 Å². The molecule has 156 valence electrons. The Kier molecular flexibility index (Phi) is 47.3. The molecule has 8 heteroatoms. The van der Waals surface area contributed by atoms with Crippen LogP contribution in [0.5, 0.6) is 0 Å². The SMILES string of the molecule is C=C(C)C(=O)O.CCCCCCCC(=O)O.OCCCCCCO.[PbH2].[PbH2]. The molecule has 0 aliphatic rings. The molecule has 6 nitrogen and oxygen atoms in total. The molecule has 0 unspecified atom stereocenters. The molecule has 0 amide bonds. The van der Waals surface area contributed by atoms with Crippen LogP contribution in [0.25, 0.3) is 0 Å². The molecule has 0 aromatic heterocycles. The van der Waals surface area contributed by atoms with Crippen LogP contribution in [0.4, 0.5) is 0 Å². The van der Waals surface area contributed by atoms with E-state index in [1.54, 1.807) is 0 Å². The minimum atomic E-state index is -0.935. The average Bonchev–Trinajstić information content (AvgIpc) is 2.52. The van der Waals surface area contributed by atoms with Gasteiger partial charge in [0.2, 0.25) is 0 Å². The van der Waals surface area contributed by atoms with Gasteiger partial charge in [0.15, 0.2) is 0 Å². The minimum absolute atomic E-state index is 0. The van der Waals surface area contributed by atoms with E-state index in [2.05, 4.69) is 13.5 Å². The predicted molar refractivity (Wildman–Crippen MR) is 113 cm³/mol. The molecular weight excluding hydrogens is 727 g/mol. The summed E-state index contributed by atoms with van der Waals surface area (Å²) in [7, 11) is 0. The zero-order valence-electron chi connectivity index (χ0n) is 16.7. The predicted octanol–water partition coefficient (Wildman–Crippen LogP) is 1.78. The fraction of sp³-hybridized carbons (Fsp3) is 0.778. The van der Waals surface area contributed by atoms with Gasteiger partial charge in [0, 0.05) is 25.2 Å². The maximum atomic E-state index is 10.0. The second-order valence-corrected chi connectivity index (χ2v) is 5.50. The fourth-order valence-corrected chi connectivity index (χ4v) is 1.46. The number of rotatable bonds is 12. The molecule has 0 atom stereocenters. The summed E-state index contributed by atoms with van der Waals surface area (Å²) in [4.78, 5) is 19.6. The first-order valence-corrected chi connectivity index (χ1v) is 8.65. The van der Waals surface area contributed by atoms with Gasteiger partial charge in [-0.1, -0.05) is 52.0 Å². The second-order valence-electron chi connectivity index (χ2n) is 5.50. The third kappa shape index (κ3) is 49.7. The third-order valence-electron chi connectivity index (χ3n) is 2.93. The molecule has 0 bridgehead atoms. The van der Waals surface area contributed by atoms with Gasteiger partial charge in [0.1, 0.15) is 0 Å². The molecule has 0 saturated heterocycles.